The fourth-order valence-electron chi connectivity index (χ4n) is 2.09. The normalized spacial score (nSPS) is 11.5. The van der Waals surface area contributed by atoms with Crippen LogP contribution in [0.2, 0.25) is 0 Å². The Hall–Kier alpha value is -2.48. The summed E-state index contributed by atoms with van der Waals surface area (Å²) in [6, 6.07) is 11.0. The van der Waals surface area contributed by atoms with Crippen molar-refractivity contribution in [2.45, 2.75) is 13.8 Å². The van der Waals surface area contributed by atoms with Crippen molar-refractivity contribution in [1.82, 2.24) is 0 Å². The first kappa shape index (κ1) is 13.9. The Bertz CT molecular complexity index is 608. The van der Waals surface area contributed by atoms with E-state index in [1.807, 2.05) is 62.4 Å². The van der Waals surface area contributed by atoms with E-state index >= 15 is 0 Å². The van der Waals surface area contributed by atoms with Crippen LogP contribution in [-0.4, -0.2) is 10.2 Å². The third-order valence-electron chi connectivity index (χ3n) is 3.08. The molecule has 0 heterocycles. The molecular formula is C18H18O2. The van der Waals surface area contributed by atoms with Crippen LogP contribution < -0.4 is 0 Å². The molecule has 0 saturated heterocycles. The molecule has 2 nitrogen and oxygen atoms in total. The van der Waals surface area contributed by atoms with E-state index in [1.165, 1.54) is 0 Å². The lowest BCUT2D eigenvalue weighted by Gasteiger charge is -2.07. The van der Waals surface area contributed by atoms with Gasteiger partial charge in [-0.2, -0.15) is 0 Å². The summed E-state index contributed by atoms with van der Waals surface area (Å²) in [6.07, 6.45) is 7.51. The monoisotopic (exact) mass is 266 g/mol. The van der Waals surface area contributed by atoms with Crippen LogP contribution in [0.5, 0.6) is 11.5 Å². The summed E-state index contributed by atoms with van der Waals surface area (Å²) in [6.45, 7) is 3.83. The van der Waals surface area contributed by atoms with Gasteiger partial charge in [-0.3, -0.25) is 0 Å². The SMILES string of the molecule is C/C=C\c1cc(-c2ccc(O)c(/C=C\C)c2)ccc1O. The van der Waals surface area contributed by atoms with Crippen molar-refractivity contribution in [3.63, 3.8) is 0 Å². The molecule has 2 aromatic rings. The molecule has 0 aliphatic heterocycles. The summed E-state index contributed by atoms with van der Waals surface area (Å²) in [5, 5.41) is 19.6. The second kappa shape index (κ2) is 6.11. The highest BCUT2D eigenvalue weighted by atomic mass is 16.3. The molecular weight excluding hydrogens is 248 g/mol. The summed E-state index contributed by atoms with van der Waals surface area (Å²) < 4.78 is 0. The number of rotatable bonds is 3. The Labute approximate surface area is 119 Å². The smallest absolute Gasteiger partial charge is 0.122 e. The molecule has 0 aromatic heterocycles. The van der Waals surface area contributed by atoms with Gasteiger partial charge in [0.2, 0.25) is 0 Å². The van der Waals surface area contributed by atoms with Crippen LogP contribution in [0.1, 0.15) is 25.0 Å². The summed E-state index contributed by atoms with van der Waals surface area (Å²) in [4.78, 5) is 0. The van der Waals surface area contributed by atoms with Gasteiger partial charge in [-0.1, -0.05) is 36.4 Å². The lowest BCUT2D eigenvalue weighted by molar-refractivity contribution is 0.473. The second-order valence-electron chi connectivity index (χ2n) is 4.55. The van der Waals surface area contributed by atoms with E-state index in [9.17, 15) is 10.2 Å². The molecule has 0 unspecified atom stereocenters. The topological polar surface area (TPSA) is 40.5 Å². The van der Waals surface area contributed by atoms with E-state index in [0.29, 0.717) is 0 Å². The lowest BCUT2D eigenvalue weighted by Crippen LogP contribution is -1.83. The minimum absolute atomic E-state index is 0.263. The Morgan fingerprint density at radius 3 is 1.45 bits per heavy atom. The first-order chi connectivity index (χ1) is 9.65. The summed E-state index contributed by atoms with van der Waals surface area (Å²) in [7, 11) is 0. The van der Waals surface area contributed by atoms with E-state index < -0.39 is 0 Å². The maximum absolute atomic E-state index is 9.79. The summed E-state index contributed by atoms with van der Waals surface area (Å²) in [5.74, 6) is 0.526. The van der Waals surface area contributed by atoms with Gasteiger partial charge in [-0.25, -0.2) is 0 Å². The zero-order chi connectivity index (χ0) is 14.5. The lowest BCUT2D eigenvalue weighted by atomic mass is 9.99. The Morgan fingerprint density at radius 1 is 0.700 bits per heavy atom. The van der Waals surface area contributed by atoms with Gasteiger partial charge >= 0.3 is 0 Å². The standard InChI is InChI=1S/C18H18O2/c1-3-5-15-11-13(7-9-17(15)19)14-8-10-18(20)16(12-14)6-4-2/h3-12,19-20H,1-2H3/b5-3-,6-4-. The number of allylic oxidation sites excluding steroid dienone is 2. The highest BCUT2D eigenvalue weighted by Gasteiger charge is 2.05. The molecule has 0 fully saturated rings. The fraction of sp³-hybridized carbons (Fsp3) is 0.111. The van der Waals surface area contributed by atoms with Crippen LogP contribution in [-0.2, 0) is 0 Å². The fourth-order valence-corrected chi connectivity index (χ4v) is 2.09. The van der Waals surface area contributed by atoms with Gasteiger partial charge in [0.05, 0.1) is 0 Å². The molecule has 0 saturated carbocycles. The molecule has 2 aromatic carbocycles. The third-order valence-corrected chi connectivity index (χ3v) is 3.08. The largest absolute Gasteiger partial charge is 0.507 e. The molecule has 2 rings (SSSR count). The Balaban J connectivity index is 2.51. The maximum atomic E-state index is 9.79. The molecule has 0 aliphatic carbocycles. The molecule has 0 radical (unpaired) electrons. The number of phenols is 2. The van der Waals surface area contributed by atoms with Crippen LogP contribution >= 0.6 is 0 Å². The predicted octanol–water partition coefficient (Wildman–Crippen LogP) is 4.83. The minimum atomic E-state index is 0.263. The molecule has 102 valence electrons. The van der Waals surface area contributed by atoms with E-state index in [-0.39, 0.29) is 11.5 Å². The molecule has 2 heteroatoms. The molecule has 0 aliphatic rings. The number of benzene rings is 2. The van der Waals surface area contributed by atoms with Crippen molar-refractivity contribution in [2.24, 2.45) is 0 Å². The molecule has 2 N–H and O–H groups in total. The van der Waals surface area contributed by atoms with Gasteiger partial charge in [0, 0.05) is 11.1 Å². The molecule has 0 amide bonds. The Kier molecular flexibility index (Phi) is 4.26. The highest BCUT2D eigenvalue weighted by Crippen LogP contribution is 2.30. The van der Waals surface area contributed by atoms with Gasteiger partial charge in [0.15, 0.2) is 0 Å². The second-order valence-corrected chi connectivity index (χ2v) is 4.55. The average molecular weight is 266 g/mol. The van der Waals surface area contributed by atoms with E-state index in [0.717, 1.165) is 22.3 Å². The maximum Gasteiger partial charge on any atom is 0.122 e. The van der Waals surface area contributed by atoms with Crippen LogP contribution in [0.15, 0.2) is 48.6 Å². The van der Waals surface area contributed by atoms with E-state index in [2.05, 4.69) is 0 Å². The van der Waals surface area contributed by atoms with Crippen molar-refractivity contribution in [2.75, 3.05) is 0 Å². The zero-order valence-corrected chi connectivity index (χ0v) is 11.7. The highest BCUT2D eigenvalue weighted by molar-refractivity contribution is 5.73. The number of hydrogen-bond donors (Lipinski definition) is 2. The van der Waals surface area contributed by atoms with Crippen LogP contribution in [0.25, 0.3) is 23.3 Å². The average Bonchev–Trinajstić information content (AvgIpc) is 2.44. The molecule has 0 atom stereocenters. The van der Waals surface area contributed by atoms with Gasteiger partial charge in [-0.15, -0.1) is 0 Å². The van der Waals surface area contributed by atoms with Crippen molar-refractivity contribution in [1.29, 1.82) is 0 Å². The van der Waals surface area contributed by atoms with E-state index in [4.69, 9.17) is 0 Å². The van der Waals surface area contributed by atoms with Crippen LogP contribution in [0.4, 0.5) is 0 Å². The predicted molar refractivity (Wildman–Crippen MR) is 84.6 cm³/mol. The van der Waals surface area contributed by atoms with Gasteiger partial charge in [0.1, 0.15) is 11.5 Å². The van der Waals surface area contributed by atoms with Crippen LogP contribution in [0, 0.1) is 0 Å². The Morgan fingerprint density at radius 2 is 1.10 bits per heavy atom. The quantitative estimate of drug-likeness (QED) is 0.835. The summed E-state index contributed by atoms with van der Waals surface area (Å²) >= 11 is 0. The van der Waals surface area contributed by atoms with Crippen molar-refractivity contribution in [3.8, 4) is 22.6 Å². The molecule has 20 heavy (non-hydrogen) atoms. The van der Waals surface area contributed by atoms with E-state index in [1.54, 1.807) is 12.1 Å². The van der Waals surface area contributed by atoms with Gasteiger partial charge < -0.3 is 10.2 Å². The van der Waals surface area contributed by atoms with Gasteiger partial charge in [-0.05, 0) is 49.2 Å². The number of aromatic hydroxyl groups is 2. The molecule has 0 bridgehead atoms. The van der Waals surface area contributed by atoms with Crippen molar-refractivity contribution < 1.29 is 10.2 Å². The zero-order valence-electron chi connectivity index (χ0n) is 11.7. The van der Waals surface area contributed by atoms with Crippen molar-refractivity contribution >= 4 is 12.2 Å². The first-order valence-electron chi connectivity index (χ1n) is 6.57. The molecule has 0 spiro atoms. The van der Waals surface area contributed by atoms with Gasteiger partial charge in [0.25, 0.3) is 0 Å². The van der Waals surface area contributed by atoms with Crippen molar-refractivity contribution in [3.05, 3.63) is 59.7 Å². The summed E-state index contributed by atoms with van der Waals surface area (Å²) in [5.41, 5.74) is 3.57. The van der Waals surface area contributed by atoms with Crippen LogP contribution in [0.3, 0.4) is 0 Å². The third kappa shape index (κ3) is 2.91. The first-order valence-corrected chi connectivity index (χ1v) is 6.57. The number of phenolic OH excluding ortho intramolecular Hbond substituents is 2. The minimum Gasteiger partial charge on any atom is -0.507 e. The number of hydrogen-bond acceptors (Lipinski definition) is 2.